The van der Waals surface area contributed by atoms with Crippen LogP contribution in [0.2, 0.25) is 5.02 Å². The molecule has 0 bridgehead atoms. The van der Waals surface area contributed by atoms with E-state index in [4.69, 9.17) is 22.1 Å². The van der Waals surface area contributed by atoms with Crippen molar-refractivity contribution in [2.24, 2.45) is 7.05 Å². The summed E-state index contributed by atoms with van der Waals surface area (Å²) in [5, 5.41) is 6.05. The standard InChI is InChI=1S/C16H12BrClF3N5O3/c1-25-11(23-24-15(25)28)6-26-5-10(17)12(16(19,20)21)13(14(26)27)29-9-3-7(18)2-8(22)4-9/h2-5H,6,22H2,1H3,(H,24,28). The Morgan fingerprint density at radius 2 is 2.00 bits per heavy atom. The topological polar surface area (TPSA) is 108 Å². The molecule has 29 heavy (non-hydrogen) atoms. The molecular weight excluding hydrogens is 483 g/mol. The van der Waals surface area contributed by atoms with Crippen LogP contribution in [0.5, 0.6) is 11.5 Å². The quantitative estimate of drug-likeness (QED) is 0.542. The van der Waals surface area contributed by atoms with Gasteiger partial charge in [-0.3, -0.25) is 9.36 Å². The van der Waals surface area contributed by atoms with Gasteiger partial charge in [-0.2, -0.15) is 18.3 Å². The van der Waals surface area contributed by atoms with E-state index >= 15 is 0 Å². The van der Waals surface area contributed by atoms with Gasteiger partial charge in [0.25, 0.3) is 5.56 Å². The molecule has 0 unspecified atom stereocenters. The van der Waals surface area contributed by atoms with Crippen molar-refractivity contribution in [2.75, 3.05) is 5.73 Å². The molecule has 3 rings (SSSR count). The van der Waals surface area contributed by atoms with Crippen molar-refractivity contribution >= 4 is 33.2 Å². The number of nitrogens with one attached hydrogen (secondary N) is 1. The molecule has 0 aliphatic carbocycles. The normalized spacial score (nSPS) is 11.7. The zero-order valence-electron chi connectivity index (χ0n) is 14.6. The Kier molecular flexibility index (Phi) is 5.50. The summed E-state index contributed by atoms with van der Waals surface area (Å²) in [7, 11) is 1.40. The van der Waals surface area contributed by atoms with E-state index in [2.05, 4.69) is 26.1 Å². The summed E-state index contributed by atoms with van der Waals surface area (Å²) in [6.07, 6.45) is -3.95. The van der Waals surface area contributed by atoms with Gasteiger partial charge in [0.2, 0.25) is 5.75 Å². The Morgan fingerprint density at radius 1 is 1.31 bits per heavy atom. The molecule has 0 atom stereocenters. The predicted molar refractivity (Wildman–Crippen MR) is 102 cm³/mol. The number of hydrogen-bond donors (Lipinski definition) is 2. The number of nitrogens with zero attached hydrogens (tertiary/aromatic N) is 3. The molecule has 0 saturated carbocycles. The van der Waals surface area contributed by atoms with Gasteiger partial charge in [-0.15, -0.1) is 0 Å². The van der Waals surface area contributed by atoms with Crippen LogP contribution < -0.4 is 21.7 Å². The molecular formula is C16H12BrClF3N5O3. The third-order valence-electron chi connectivity index (χ3n) is 3.87. The SMILES string of the molecule is Cn1c(Cn2cc(Br)c(C(F)(F)F)c(Oc3cc(N)cc(Cl)c3)c2=O)n[nH]c1=O. The van der Waals surface area contributed by atoms with Gasteiger partial charge in [0, 0.05) is 30.0 Å². The lowest BCUT2D eigenvalue weighted by molar-refractivity contribution is -0.139. The zero-order valence-corrected chi connectivity index (χ0v) is 16.9. The van der Waals surface area contributed by atoms with E-state index in [1.807, 2.05) is 0 Å². The molecule has 0 aliphatic rings. The molecule has 1 aromatic carbocycles. The molecule has 3 N–H and O–H groups in total. The summed E-state index contributed by atoms with van der Waals surface area (Å²) in [6.45, 7) is -0.279. The number of aromatic amines is 1. The maximum absolute atomic E-state index is 13.6. The average molecular weight is 495 g/mol. The molecule has 2 heterocycles. The van der Waals surface area contributed by atoms with Crippen molar-refractivity contribution in [3.8, 4) is 11.5 Å². The minimum absolute atomic E-state index is 0.121. The summed E-state index contributed by atoms with van der Waals surface area (Å²) in [5.41, 5.74) is 2.85. The largest absolute Gasteiger partial charge is 0.451 e. The highest BCUT2D eigenvalue weighted by molar-refractivity contribution is 9.10. The maximum Gasteiger partial charge on any atom is 0.421 e. The number of benzene rings is 1. The smallest absolute Gasteiger partial charge is 0.421 e. The molecule has 154 valence electrons. The zero-order chi connectivity index (χ0) is 21.5. The van der Waals surface area contributed by atoms with E-state index in [0.717, 1.165) is 15.3 Å². The van der Waals surface area contributed by atoms with Gasteiger partial charge < -0.3 is 15.0 Å². The van der Waals surface area contributed by atoms with Crippen LogP contribution in [-0.2, 0) is 19.8 Å². The molecule has 0 spiro atoms. The van der Waals surface area contributed by atoms with E-state index in [1.54, 1.807) is 0 Å². The van der Waals surface area contributed by atoms with Crippen LogP contribution in [0.25, 0.3) is 0 Å². The lowest BCUT2D eigenvalue weighted by Crippen LogP contribution is -2.27. The number of halogens is 5. The van der Waals surface area contributed by atoms with E-state index in [1.165, 1.54) is 25.2 Å². The van der Waals surface area contributed by atoms with Gasteiger partial charge in [-0.25, -0.2) is 9.89 Å². The number of hydrogen-bond acceptors (Lipinski definition) is 5. The van der Waals surface area contributed by atoms with Crippen molar-refractivity contribution in [1.82, 2.24) is 19.3 Å². The summed E-state index contributed by atoms with van der Waals surface area (Å²) in [4.78, 5) is 24.3. The molecule has 3 aromatic rings. The number of ether oxygens (including phenoxy) is 1. The first kappa shape index (κ1) is 21.0. The minimum atomic E-state index is -4.89. The highest BCUT2D eigenvalue weighted by atomic mass is 79.9. The maximum atomic E-state index is 13.6. The van der Waals surface area contributed by atoms with Gasteiger partial charge in [0.15, 0.2) is 5.82 Å². The number of pyridine rings is 1. The fourth-order valence-electron chi connectivity index (χ4n) is 2.52. The van der Waals surface area contributed by atoms with E-state index < -0.39 is 33.2 Å². The van der Waals surface area contributed by atoms with Crippen molar-refractivity contribution < 1.29 is 17.9 Å². The second-order valence-electron chi connectivity index (χ2n) is 5.94. The van der Waals surface area contributed by atoms with Gasteiger partial charge in [0.05, 0.1) is 11.0 Å². The van der Waals surface area contributed by atoms with Crippen molar-refractivity contribution in [1.29, 1.82) is 0 Å². The van der Waals surface area contributed by atoms with E-state index in [9.17, 15) is 22.8 Å². The average Bonchev–Trinajstić information content (AvgIpc) is 2.89. The van der Waals surface area contributed by atoms with Crippen LogP contribution in [0.15, 0.2) is 38.5 Å². The Labute approximate surface area is 173 Å². The summed E-state index contributed by atoms with van der Waals surface area (Å²) in [5.74, 6) is -0.995. The first-order chi connectivity index (χ1) is 13.5. The van der Waals surface area contributed by atoms with Crippen LogP contribution in [0.4, 0.5) is 18.9 Å². The molecule has 0 amide bonds. The number of rotatable bonds is 4. The molecule has 0 saturated heterocycles. The number of alkyl halides is 3. The number of nitrogens with two attached hydrogens (primary N) is 1. The van der Waals surface area contributed by atoms with Gasteiger partial charge >= 0.3 is 11.9 Å². The fraction of sp³-hybridized carbons (Fsp3) is 0.188. The molecule has 0 radical (unpaired) electrons. The van der Waals surface area contributed by atoms with Crippen molar-refractivity contribution in [2.45, 2.75) is 12.7 Å². The lowest BCUT2D eigenvalue weighted by Gasteiger charge is -2.17. The Morgan fingerprint density at radius 3 is 2.55 bits per heavy atom. The van der Waals surface area contributed by atoms with E-state index in [-0.39, 0.29) is 28.8 Å². The van der Waals surface area contributed by atoms with Crippen LogP contribution in [0.1, 0.15) is 11.4 Å². The van der Waals surface area contributed by atoms with E-state index in [0.29, 0.717) is 0 Å². The van der Waals surface area contributed by atoms with Crippen molar-refractivity contribution in [3.05, 3.63) is 66.1 Å². The summed E-state index contributed by atoms with van der Waals surface area (Å²) < 4.78 is 47.7. The van der Waals surface area contributed by atoms with Crippen LogP contribution in [0, 0.1) is 0 Å². The Bertz CT molecular complexity index is 1180. The number of H-pyrrole nitrogens is 1. The molecule has 13 heteroatoms. The first-order valence-electron chi connectivity index (χ1n) is 7.81. The second kappa shape index (κ2) is 7.59. The first-order valence-corrected chi connectivity index (χ1v) is 8.98. The molecule has 2 aromatic heterocycles. The third-order valence-corrected chi connectivity index (χ3v) is 4.69. The summed E-state index contributed by atoms with van der Waals surface area (Å²) in [6, 6.07) is 3.82. The van der Waals surface area contributed by atoms with Crippen molar-refractivity contribution in [3.63, 3.8) is 0 Å². The highest BCUT2D eigenvalue weighted by Gasteiger charge is 2.39. The van der Waals surface area contributed by atoms with Crippen LogP contribution >= 0.6 is 27.5 Å². The highest BCUT2D eigenvalue weighted by Crippen LogP contribution is 2.41. The number of anilines is 1. The summed E-state index contributed by atoms with van der Waals surface area (Å²) >= 11 is 8.70. The predicted octanol–water partition coefficient (Wildman–Crippen LogP) is 3.13. The Balaban J connectivity index is 2.18. The Hall–Kier alpha value is -2.73. The number of nitrogen functional groups attached to an aromatic ring is 1. The lowest BCUT2D eigenvalue weighted by atomic mass is 10.2. The van der Waals surface area contributed by atoms with Gasteiger partial charge in [-0.05, 0) is 28.1 Å². The molecule has 0 fully saturated rings. The molecule has 0 aliphatic heterocycles. The fourth-order valence-corrected chi connectivity index (χ4v) is 3.40. The molecule has 8 nitrogen and oxygen atoms in total. The monoisotopic (exact) mass is 493 g/mol. The van der Waals surface area contributed by atoms with Crippen LogP contribution in [0.3, 0.4) is 0 Å². The second-order valence-corrected chi connectivity index (χ2v) is 7.23. The number of aromatic nitrogens is 4. The third kappa shape index (κ3) is 4.32. The van der Waals surface area contributed by atoms with Crippen LogP contribution in [-0.4, -0.2) is 19.3 Å². The van der Waals surface area contributed by atoms with Gasteiger partial charge in [-0.1, -0.05) is 11.6 Å². The minimum Gasteiger partial charge on any atom is -0.451 e. The van der Waals surface area contributed by atoms with Gasteiger partial charge in [0.1, 0.15) is 11.3 Å².